The summed E-state index contributed by atoms with van der Waals surface area (Å²) in [5, 5.41) is 13.1. The fourth-order valence-corrected chi connectivity index (χ4v) is 9.55. The van der Waals surface area contributed by atoms with E-state index in [1.54, 1.807) is 0 Å². The second-order valence-electron chi connectivity index (χ2n) is 13.3. The van der Waals surface area contributed by atoms with Gasteiger partial charge in [0, 0.05) is 58.1 Å². The molecule has 8 aromatic carbocycles. The van der Waals surface area contributed by atoms with Gasteiger partial charge in [0.05, 0.1) is 22.2 Å². The maximum Gasteiger partial charge on any atom is 0.235 e. The van der Waals surface area contributed by atoms with E-state index in [0.717, 1.165) is 55.1 Å². The number of thiophene rings is 1. The lowest BCUT2D eigenvalue weighted by molar-refractivity contribution is 0.669. The minimum Gasteiger partial charge on any atom is -0.456 e. The number of furan rings is 1. The first-order chi connectivity index (χ1) is 25.3. The number of rotatable bonds is 2. The van der Waals surface area contributed by atoms with Gasteiger partial charge in [-0.3, -0.25) is 4.57 Å². The van der Waals surface area contributed by atoms with Crippen molar-refractivity contribution in [3.8, 4) is 17.2 Å². The summed E-state index contributed by atoms with van der Waals surface area (Å²) in [7, 11) is 0. The van der Waals surface area contributed by atoms with Gasteiger partial charge < -0.3 is 4.42 Å². The third-order valence-electron chi connectivity index (χ3n) is 10.6. The molecular weight excluding hydrogens is 643 g/mol. The molecule has 4 heterocycles. The van der Waals surface area contributed by atoms with E-state index in [-0.39, 0.29) is 0 Å². The summed E-state index contributed by atoms with van der Waals surface area (Å²) in [6.45, 7) is 0. The lowest BCUT2D eigenvalue weighted by atomic mass is 9.95. The van der Waals surface area contributed by atoms with Crippen LogP contribution in [0.15, 0.2) is 156 Å². The van der Waals surface area contributed by atoms with Crippen LogP contribution in [0.3, 0.4) is 0 Å². The van der Waals surface area contributed by atoms with Crippen LogP contribution in [0.5, 0.6) is 0 Å². The normalized spacial score (nSPS) is 12.3. The average Bonchev–Trinajstić information content (AvgIpc) is 3.87. The Balaban J connectivity index is 1.27. The summed E-state index contributed by atoms with van der Waals surface area (Å²) in [4.78, 5) is 10.9. The zero-order chi connectivity index (χ0) is 33.2. The summed E-state index contributed by atoms with van der Waals surface area (Å²) < 4.78 is 11.2. The van der Waals surface area contributed by atoms with Crippen molar-refractivity contribution < 1.29 is 4.42 Å². The fraction of sp³-hybridized carbons (Fsp3) is 0. The number of para-hydroxylation sites is 2. The van der Waals surface area contributed by atoms with E-state index in [2.05, 4.69) is 144 Å². The Kier molecular flexibility index (Phi) is 5.35. The van der Waals surface area contributed by atoms with Gasteiger partial charge in [-0.2, -0.15) is 0 Å². The van der Waals surface area contributed by atoms with Crippen molar-refractivity contribution in [2.75, 3.05) is 0 Å². The summed E-state index contributed by atoms with van der Waals surface area (Å²) in [6, 6.07) is 53.9. The Morgan fingerprint density at radius 2 is 1.12 bits per heavy atom. The third-order valence-corrected chi connectivity index (χ3v) is 11.7. The van der Waals surface area contributed by atoms with Gasteiger partial charge in [-0.05, 0) is 58.6 Å². The molecule has 0 aliphatic rings. The molecule has 0 spiro atoms. The van der Waals surface area contributed by atoms with Crippen LogP contribution < -0.4 is 0 Å². The molecular formula is C46H25N3OS. The summed E-state index contributed by atoms with van der Waals surface area (Å²) in [5.41, 5.74) is 6.70. The van der Waals surface area contributed by atoms with Crippen molar-refractivity contribution in [3.63, 3.8) is 0 Å². The van der Waals surface area contributed by atoms with Gasteiger partial charge >= 0.3 is 0 Å². The summed E-state index contributed by atoms with van der Waals surface area (Å²) >= 11 is 1.85. The van der Waals surface area contributed by atoms with Gasteiger partial charge in [0.1, 0.15) is 11.2 Å². The first-order valence-electron chi connectivity index (χ1n) is 17.2. The van der Waals surface area contributed by atoms with Crippen LogP contribution in [0.2, 0.25) is 0 Å². The third kappa shape index (κ3) is 3.68. The van der Waals surface area contributed by atoms with Crippen LogP contribution in [-0.4, -0.2) is 14.5 Å². The molecule has 0 atom stereocenters. The summed E-state index contributed by atoms with van der Waals surface area (Å²) in [6.07, 6.45) is 0. The Morgan fingerprint density at radius 1 is 0.451 bits per heavy atom. The van der Waals surface area contributed by atoms with E-state index in [9.17, 15) is 0 Å². The Hall–Kier alpha value is -6.56. The molecule has 236 valence electrons. The molecule has 12 rings (SSSR count). The van der Waals surface area contributed by atoms with Crippen molar-refractivity contribution in [1.29, 1.82) is 0 Å². The molecule has 0 unspecified atom stereocenters. The predicted molar refractivity (Wildman–Crippen MR) is 214 cm³/mol. The van der Waals surface area contributed by atoms with Crippen LogP contribution in [0, 0.1) is 0 Å². The quantitative estimate of drug-likeness (QED) is 0.172. The highest BCUT2D eigenvalue weighted by molar-refractivity contribution is 7.26. The SMILES string of the molecule is c1ccc2c(-c3ccc4c(c3)oc3ccccc34)nc(-n3c4ccc5sc6ccccc6c5c4c4c5ccccc5c5ccccc5c43)nc2c1. The monoisotopic (exact) mass is 667 g/mol. The van der Waals surface area contributed by atoms with Gasteiger partial charge in [0.2, 0.25) is 5.95 Å². The molecule has 0 N–H and O–H groups in total. The molecule has 4 nitrogen and oxygen atoms in total. The van der Waals surface area contributed by atoms with E-state index >= 15 is 0 Å². The second kappa shape index (κ2) is 10.0. The van der Waals surface area contributed by atoms with Gasteiger partial charge in [-0.25, -0.2) is 9.97 Å². The van der Waals surface area contributed by atoms with E-state index in [1.807, 2.05) is 23.5 Å². The standard InChI is InChI=1S/C46H25N3OS/c1-3-14-31-27(11-1)28-12-2-4-15-32(28)45-42(31)43-36(23-24-40-41(43)34-17-7-10-20-39(34)51-40)49(45)46-47-35-18-8-5-16-33(35)44(48-46)26-21-22-30-29-13-6-9-19-37(29)50-38(30)25-26/h1-25H. The van der Waals surface area contributed by atoms with Crippen LogP contribution in [-0.2, 0) is 0 Å². The number of fused-ring (bicyclic) bond motifs is 16. The van der Waals surface area contributed by atoms with E-state index in [4.69, 9.17) is 14.4 Å². The minimum atomic E-state index is 0.646. The van der Waals surface area contributed by atoms with Crippen molar-refractivity contribution in [2.24, 2.45) is 0 Å². The van der Waals surface area contributed by atoms with Crippen LogP contribution in [0.25, 0.3) is 114 Å². The number of hydrogen-bond donors (Lipinski definition) is 0. The number of hydrogen-bond acceptors (Lipinski definition) is 4. The van der Waals surface area contributed by atoms with Gasteiger partial charge in [0.15, 0.2) is 0 Å². The maximum absolute atomic E-state index is 6.35. The van der Waals surface area contributed by atoms with Crippen LogP contribution in [0.1, 0.15) is 0 Å². The molecule has 0 saturated carbocycles. The van der Waals surface area contributed by atoms with E-state index in [1.165, 1.54) is 52.5 Å². The first kappa shape index (κ1) is 27.3. The number of benzene rings is 8. The largest absolute Gasteiger partial charge is 0.456 e. The molecule has 12 aromatic rings. The van der Waals surface area contributed by atoms with Crippen molar-refractivity contribution in [1.82, 2.24) is 14.5 Å². The second-order valence-corrected chi connectivity index (χ2v) is 14.4. The highest BCUT2D eigenvalue weighted by Crippen LogP contribution is 2.48. The average molecular weight is 668 g/mol. The summed E-state index contributed by atoms with van der Waals surface area (Å²) in [5.74, 6) is 0.646. The molecule has 0 amide bonds. The zero-order valence-electron chi connectivity index (χ0n) is 27.1. The van der Waals surface area contributed by atoms with Crippen molar-refractivity contribution in [3.05, 3.63) is 152 Å². The highest BCUT2D eigenvalue weighted by atomic mass is 32.1. The Bertz CT molecular complexity index is 3440. The highest BCUT2D eigenvalue weighted by Gasteiger charge is 2.24. The molecule has 0 aliphatic heterocycles. The van der Waals surface area contributed by atoms with Gasteiger partial charge in [-0.1, -0.05) is 109 Å². The molecule has 0 radical (unpaired) electrons. The van der Waals surface area contributed by atoms with Crippen LogP contribution in [0.4, 0.5) is 0 Å². The van der Waals surface area contributed by atoms with Crippen LogP contribution >= 0.6 is 11.3 Å². The van der Waals surface area contributed by atoms with Crippen molar-refractivity contribution >= 4 is 108 Å². The minimum absolute atomic E-state index is 0.646. The van der Waals surface area contributed by atoms with E-state index in [0.29, 0.717) is 5.95 Å². The maximum atomic E-state index is 6.35. The smallest absolute Gasteiger partial charge is 0.235 e. The van der Waals surface area contributed by atoms with E-state index < -0.39 is 0 Å². The lowest BCUT2D eigenvalue weighted by Gasteiger charge is -2.13. The molecule has 51 heavy (non-hydrogen) atoms. The molecule has 0 fully saturated rings. The molecule has 5 heteroatoms. The molecule has 0 aliphatic carbocycles. The number of aromatic nitrogens is 3. The molecule has 0 bridgehead atoms. The van der Waals surface area contributed by atoms with Gasteiger partial charge in [0.25, 0.3) is 0 Å². The topological polar surface area (TPSA) is 43.9 Å². The number of nitrogens with zero attached hydrogens (tertiary/aromatic N) is 3. The van der Waals surface area contributed by atoms with Gasteiger partial charge in [-0.15, -0.1) is 11.3 Å². The van der Waals surface area contributed by atoms with Crippen molar-refractivity contribution in [2.45, 2.75) is 0 Å². The fourth-order valence-electron chi connectivity index (χ4n) is 8.44. The zero-order valence-corrected chi connectivity index (χ0v) is 27.9. The Morgan fingerprint density at radius 3 is 1.98 bits per heavy atom. The Labute approximate surface area is 294 Å². The first-order valence-corrected chi connectivity index (χ1v) is 18.0. The molecule has 0 saturated heterocycles. The lowest BCUT2D eigenvalue weighted by Crippen LogP contribution is -2.04. The predicted octanol–water partition coefficient (Wildman–Crippen LogP) is 13.0. The molecule has 4 aromatic heterocycles.